The van der Waals surface area contributed by atoms with Gasteiger partial charge in [0.15, 0.2) is 0 Å². The number of esters is 1. The second kappa shape index (κ2) is 5.94. The molecule has 0 aromatic heterocycles. The van der Waals surface area contributed by atoms with E-state index in [1.807, 2.05) is 60.7 Å². The van der Waals surface area contributed by atoms with Gasteiger partial charge in [-0.05, 0) is 11.1 Å². The fourth-order valence-corrected chi connectivity index (χ4v) is 2.56. The smallest absolute Gasteiger partial charge is 0.341 e. The zero-order chi connectivity index (χ0) is 14.7. The van der Waals surface area contributed by atoms with Crippen LogP contribution in [-0.2, 0) is 20.7 Å². The molecule has 0 radical (unpaired) electrons. The van der Waals surface area contributed by atoms with E-state index in [-0.39, 0.29) is 5.97 Å². The highest BCUT2D eigenvalue weighted by Gasteiger charge is 2.34. The lowest BCUT2D eigenvalue weighted by Gasteiger charge is -2.12. The van der Waals surface area contributed by atoms with Crippen molar-refractivity contribution in [2.45, 2.75) is 12.7 Å². The third-order valence-corrected chi connectivity index (χ3v) is 3.54. The number of hydrogen-bond donors (Lipinski definition) is 0. The van der Waals surface area contributed by atoms with E-state index in [2.05, 4.69) is 0 Å². The van der Waals surface area contributed by atoms with Crippen molar-refractivity contribution >= 4 is 11.5 Å². The van der Waals surface area contributed by atoms with Crippen LogP contribution in [0.4, 0.5) is 0 Å². The van der Waals surface area contributed by atoms with Gasteiger partial charge in [-0.15, -0.1) is 0 Å². The highest BCUT2D eigenvalue weighted by Crippen LogP contribution is 2.33. The first-order valence-corrected chi connectivity index (χ1v) is 6.86. The van der Waals surface area contributed by atoms with Gasteiger partial charge >= 0.3 is 5.97 Å². The Morgan fingerprint density at radius 2 is 1.62 bits per heavy atom. The van der Waals surface area contributed by atoms with Crippen molar-refractivity contribution in [3.05, 3.63) is 77.4 Å². The Hall–Kier alpha value is -2.39. The summed E-state index contributed by atoms with van der Waals surface area (Å²) in [5, 5.41) is 0. The van der Waals surface area contributed by atoms with Crippen molar-refractivity contribution in [2.75, 3.05) is 7.11 Å². The predicted molar refractivity (Wildman–Crippen MR) is 80.4 cm³/mol. The molecule has 3 rings (SSSR count). The predicted octanol–water partition coefficient (Wildman–Crippen LogP) is 3.21. The first-order valence-electron chi connectivity index (χ1n) is 6.86. The Bertz CT molecular complexity index is 659. The average molecular weight is 280 g/mol. The highest BCUT2D eigenvalue weighted by molar-refractivity contribution is 6.19. The van der Waals surface area contributed by atoms with Crippen molar-refractivity contribution in [1.82, 2.24) is 0 Å². The fourth-order valence-electron chi connectivity index (χ4n) is 2.56. The third kappa shape index (κ3) is 2.73. The molecule has 2 aromatic rings. The minimum Gasteiger partial charge on any atom is -0.428 e. The van der Waals surface area contributed by atoms with Crippen LogP contribution in [0.1, 0.15) is 11.1 Å². The first-order chi connectivity index (χ1) is 10.3. The Balaban J connectivity index is 2.04. The van der Waals surface area contributed by atoms with Crippen LogP contribution in [0, 0.1) is 0 Å². The molecule has 0 saturated heterocycles. The highest BCUT2D eigenvalue weighted by atomic mass is 16.7. The number of hydrogen-bond acceptors (Lipinski definition) is 3. The zero-order valence-electron chi connectivity index (χ0n) is 11.8. The van der Waals surface area contributed by atoms with Gasteiger partial charge in [-0.2, -0.15) is 0 Å². The van der Waals surface area contributed by atoms with Gasteiger partial charge in [0, 0.05) is 19.1 Å². The Morgan fingerprint density at radius 3 is 2.24 bits per heavy atom. The molecule has 0 fully saturated rings. The molecule has 0 amide bonds. The minimum atomic E-state index is -0.604. The molecule has 2 aromatic carbocycles. The maximum absolute atomic E-state index is 12.2. The quantitative estimate of drug-likeness (QED) is 0.807. The summed E-state index contributed by atoms with van der Waals surface area (Å²) in [6.45, 7) is 0. The molecule has 0 spiro atoms. The van der Waals surface area contributed by atoms with E-state index in [1.54, 1.807) is 7.11 Å². The SMILES string of the molecule is CO[C@@H]1OC(=O)C(c2ccccc2)=C1Cc1ccccc1. The number of rotatable bonds is 4. The topological polar surface area (TPSA) is 35.5 Å². The van der Waals surface area contributed by atoms with Crippen molar-refractivity contribution in [3.8, 4) is 0 Å². The van der Waals surface area contributed by atoms with Gasteiger partial charge in [0.1, 0.15) is 0 Å². The number of carbonyl (C=O) groups excluding carboxylic acids is 1. The van der Waals surface area contributed by atoms with E-state index in [0.29, 0.717) is 12.0 Å². The summed E-state index contributed by atoms with van der Waals surface area (Å²) in [5.74, 6) is -0.320. The molecule has 0 unspecified atom stereocenters. The van der Waals surface area contributed by atoms with Gasteiger partial charge in [-0.3, -0.25) is 0 Å². The Morgan fingerprint density at radius 1 is 1.00 bits per heavy atom. The molecule has 0 aliphatic carbocycles. The van der Waals surface area contributed by atoms with Crippen LogP contribution in [0.15, 0.2) is 66.2 Å². The molecule has 1 atom stereocenters. The number of methoxy groups -OCH3 is 1. The lowest BCUT2D eigenvalue weighted by Crippen LogP contribution is -2.15. The maximum atomic E-state index is 12.2. The van der Waals surface area contributed by atoms with Crippen LogP contribution in [0.3, 0.4) is 0 Å². The molecule has 3 nitrogen and oxygen atoms in total. The summed E-state index contributed by atoms with van der Waals surface area (Å²) < 4.78 is 10.6. The van der Waals surface area contributed by atoms with Crippen LogP contribution in [0.2, 0.25) is 0 Å². The summed E-state index contributed by atoms with van der Waals surface area (Å²) in [4.78, 5) is 12.2. The van der Waals surface area contributed by atoms with Crippen LogP contribution in [0.25, 0.3) is 5.57 Å². The van der Waals surface area contributed by atoms with Crippen molar-refractivity contribution in [2.24, 2.45) is 0 Å². The second-order valence-corrected chi connectivity index (χ2v) is 4.90. The summed E-state index contributed by atoms with van der Waals surface area (Å²) in [5.41, 5.74) is 3.49. The molecule has 1 aliphatic rings. The van der Waals surface area contributed by atoms with E-state index in [0.717, 1.165) is 16.7 Å². The number of benzene rings is 2. The van der Waals surface area contributed by atoms with Gasteiger partial charge in [0.25, 0.3) is 0 Å². The molecular weight excluding hydrogens is 264 g/mol. The Kier molecular flexibility index (Phi) is 3.84. The zero-order valence-corrected chi connectivity index (χ0v) is 11.8. The van der Waals surface area contributed by atoms with E-state index in [1.165, 1.54) is 0 Å². The molecule has 1 aliphatic heterocycles. The van der Waals surface area contributed by atoms with Crippen molar-refractivity contribution in [1.29, 1.82) is 0 Å². The molecule has 1 heterocycles. The van der Waals surface area contributed by atoms with E-state index >= 15 is 0 Å². The lowest BCUT2D eigenvalue weighted by molar-refractivity contribution is -0.154. The van der Waals surface area contributed by atoms with Crippen LogP contribution in [-0.4, -0.2) is 19.4 Å². The molecule has 0 bridgehead atoms. The van der Waals surface area contributed by atoms with E-state index in [4.69, 9.17) is 9.47 Å². The van der Waals surface area contributed by atoms with E-state index in [9.17, 15) is 4.79 Å². The molecule has 106 valence electrons. The Labute approximate surface area is 123 Å². The normalized spacial score (nSPS) is 18.0. The fraction of sp³-hybridized carbons (Fsp3) is 0.167. The van der Waals surface area contributed by atoms with Crippen molar-refractivity contribution < 1.29 is 14.3 Å². The van der Waals surface area contributed by atoms with Gasteiger partial charge in [0.05, 0.1) is 5.57 Å². The summed E-state index contributed by atoms with van der Waals surface area (Å²) in [7, 11) is 1.55. The van der Waals surface area contributed by atoms with Gasteiger partial charge in [0.2, 0.25) is 6.29 Å². The second-order valence-electron chi connectivity index (χ2n) is 4.90. The van der Waals surface area contributed by atoms with Crippen LogP contribution < -0.4 is 0 Å². The molecule has 3 heteroatoms. The first kappa shape index (κ1) is 13.6. The van der Waals surface area contributed by atoms with Crippen LogP contribution >= 0.6 is 0 Å². The summed E-state index contributed by atoms with van der Waals surface area (Å²) in [6.07, 6.45) is 0.0305. The van der Waals surface area contributed by atoms with E-state index < -0.39 is 6.29 Å². The lowest BCUT2D eigenvalue weighted by atomic mass is 9.96. The maximum Gasteiger partial charge on any atom is 0.341 e. The third-order valence-electron chi connectivity index (χ3n) is 3.54. The average Bonchev–Trinajstić information content (AvgIpc) is 2.85. The largest absolute Gasteiger partial charge is 0.428 e. The minimum absolute atomic E-state index is 0.320. The number of ether oxygens (including phenoxy) is 2. The number of carbonyl (C=O) groups is 1. The van der Waals surface area contributed by atoms with Gasteiger partial charge in [-0.25, -0.2) is 4.79 Å². The molecule has 0 N–H and O–H groups in total. The molecule has 21 heavy (non-hydrogen) atoms. The number of cyclic esters (lactones) is 1. The van der Waals surface area contributed by atoms with Crippen molar-refractivity contribution in [3.63, 3.8) is 0 Å². The van der Waals surface area contributed by atoms with Gasteiger partial charge in [-0.1, -0.05) is 60.7 Å². The molecule has 0 saturated carbocycles. The molecular formula is C18H16O3. The van der Waals surface area contributed by atoms with Crippen LogP contribution in [0.5, 0.6) is 0 Å². The summed E-state index contributed by atoms with van der Waals surface area (Å²) in [6, 6.07) is 19.6. The monoisotopic (exact) mass is 280 g/mol. The summed E-state index contributed by atoms with van der Waals surface area (Å²) >= 11 is 0. The van der Waals surface area contributed by atoms with Gasteiger partial charge < -0.3 is 9.47 Å². The standard InChI is InChI=1S/C18H16O3/c1-20-18-15(12-13-8-4-2-5-9-13)16(17(19)21-18)14-10-6-3-7-11-14/h2-11,18H,12H2,1H3/t18-/m1/s1.